The third-order valence-corrected chi connectivity index (χ3v) is 3.61. The van der Waals surface area contributed by atoms with Crippen LogP contribution in [0, 0.1) is 5.92 Å². The van der Waals surface area contributed by atoms with Crippen molar-refractivity contribution in [2.45, 2.75) is 38.7 Å². The van der Waals surface area contributed by atoms with Gasteiger partial charge in [-0.1, -0.05) is 13.3 Å². The number of aliphatic carboxylic acids is 1. The second-order valence-electron chi connectivity index (χ2n) is 5.00. The lowest BCUT2D eigenvalue weighted by molar-refractivity contribution is -0.147. The molecule has 1 fully saturated rings. The standard InChI is InChI=1S/C13H24N2O4/c1-2-10(8-14)7-12(16)15-5-3-11(4-6-15)19-9-13(17)18/h10-11H,2-9,14H2,1H3,(H,17,18). The number of likely N-dealkylation sites (tertiary alicyclic amines) is 1. The van der Waals surface area contributed by atoms with Crippen molar-refractivity contribution >= 4 is 11.9 Å². The zero-order chi connectivity index (χ0) is 14.3. The Morgan fingerprint density at radius 3 is 2.53 bits per heavy atom. The van der Waals surface area contributed by atoms with Crippen molar-refractivity contribution in [3.63, 3.8) is 0 Å². The molecule has 6 nitrogen and oxygen atoms in total. The van der Waals surface area contributed by atoms with Gasteiger partial charge in [0.25, 0.3) is 0 Å². The molecule has 0 saturated carbocycles. The number of hydrogen-bond donors (Lipinski definition) is 2. The van der Waals surface area contributed by atoms with Crippen molar-refractivity contribution in [1.29, 1.82) is 0 Å². The third kappa shape index (κ3) is 5.57. The van der Waals surface area contributed by atoms with Gasteiger partial charge in [-0.05, 0) is 25.3 Å². The molecule has 0 aromatic rings. The molecule has 19 heavy (non-hydrogen) atoms. The minimum Gasteiger partial charge on any atom is -0.480 e. The molecule has 0 bridgehead atoms. The summed E-state index contributed by atoms with van der Waals surface area (Å²) in [6.45, 7) is 3.61. The summed E-state index contributed by atoms with van der Waals surface area (Å²) < 4.78 is 5.24. The van der Waals surface area contributed by atoms with Crippen LogP contribution in [-0.4, -0.2) is 54.2 Å². The highest BCUT2D eigenvalue weighted by Gasteiger charge is 2.24. The van der Waals surface area contributed by atoms with Crippen LogP contribution >= 0.6 is 0 Å². The fourth-order valence-corrected chi connectivity index (χ4v) is 2.23. The highest BCUT2D eigenvalue weighted by Crippen LogP contribution is 2.16. The van der Waals surface area contributed by atoms with Crippen molar-refractivity contribution in [1.82, 2.24) is 4.90 Å². The molecule has 6 heteroatoms. The normalized spacial score (nSPS) is 18.3. The minimum absolute atomic E-state index is 0.0448. The zero-order valence-corrected chi connectivity index (χ0v) is 11.5. The Bertz CT molecular complexity index is 297. The number of rotatable bonds is 7. The van der Waals surface area contributed by atoms with E-state index in [0.29, 0.717) is 38.9 Å². The van der Waals surface area contributed by atoms with Crippen molar-refractivity contribution in [2.75, 3.05) is 26.2 Å². The molecule has 1 aliphatic rings. The lowest BCUT2D eigenvalue weighted by atomic mass is 10.0. The van der Waals surface area contributed by atoms with E-state index < -0.39 is 5.97 Å². The van der Waals surface area contributed by atoms with Gasteiger partial charge in [0, 0.05) is 19.5 Å². The van der Waals surface area contributed by atoms with Crippen LogP contribution in [0.15, 0.2) is 0 Å². The number of amides is 1. The number of carboxylic acids is 1. The molecule has 0 spiro atoms. The molecule has 1 saturated heterocycles. The monoisotopic (exact) mass is 272 g/mol. The van der Waals surface area contributed by atoms with Gasteiger partial charge in [-0.25, -0.2) is 4.79 Å². The Hall–Kier alpha value is -1.14. The third-order valence-electron chi connectivity index (χ3n) is 3.61. The largest absolute Gasteiger partial charge is 0.480 e. The number of piperidine rings is 1. The summed E-state index contributed by atoms with van der Waals surface area (Å²) >= 11 is 0. The summed E-state index contributed by atoms with van der Waals surface area (Å²) in [5.41, 5.74) is 5.60. The second-order valence-corrected chi connectivity index (χ2v) is 5.00. The van der Waals surface area contributed by atoms with Gasteiger partial charge in [-0.3, -0.25) is 4.79 Å². The molecule has 1 amide bonds. The lowest BCUT2D eigenvalue weighted by Crippen LogP contribution is -2.42. The van der Waals surface area contributed by atoms with Gasteiger partial charge >= 0.3 is 5.97 Å². The number of carboxylic acid groups (broad SMARTS) is 1. The number of hydrogen-bond acceptors (Lipinski definition) is 4. The van der Waals surface area contributed by atoms with Crippen molar-refractivity contribution < 1.29 is 19.4 Å². The maximum atomic E-state index is 12.0. The number of carbonyl (C=O) groups excluding carboxylic acids is 1. The van der Waals surface area contributed by atoms with E-state index in [2.05, 4.69) is 0 Å². The lowest BCUT2D eigenvalue weighted by Gasteiger charge is -2.32. The van der Waals surface area contributed by atoms with Crippen LogP contribution in [0.2, 0.25) is 0 Å². The van der Waals surface area contributed by atoms with E-state index in [-0.39, 0.29) is 24.5 Å². The molecule has 0 aliphatic carbocycles. The van der Waals surface area contributed by atoms with E-state index in [0.717, 1.165) is 6.42 Å². The van der Waals surface area contributed by atoms with Crippen LogP contribution < -0.4 is 5.73 Å². The van der Waals surface area contributed by atoms with Crippen LogP contribution in [0.4, 0.5) is 0 Å². The molecular formula is C13H24N2O4. The predicted molar refractivity (Wildman–Crippen MR) is 70.6 cm³/mol. The molecule has 0 aromatic carbocycles. The van der Waals surface area contributed by atoms with E-state index in [1.165, 1.54) is 0 Å². The first-order valence-corrected chi connectivity index (χ1v) is 6.88. The first-order chi connectivity index (χ1) is 9.06. The topological polar surface area (TPSA) is 92.9 Å². The smallest absolute Gasteiger partial charge is 0.329 e. The Labute approximate surface area is 113 Å². The van der Waals surface area contributed by atoms with Gasteiger partial charge in [0.05, 0.1) is 6.10 Å². The fourth-order valence-electron chi connectivity index (χ4n) is 2.23. The molecule has 1 rings (SSSR count). The molecule has 1 aliphatic heterocycles. The van der Waals surface area contributed by atoms with Gasteiger partial charge in [0.15, 0.2) is 0 Å². The van der Waals surface area contributed by atoms with Crippen LogP contribution in [0.25, 0.3) is 0 Å². The summed E-state index contributed by atoms with van der Waals surface area (Å²) in [5, 5.41) is 8.54. The van der Waals surface area contributed by atoms with Gasteiger partial charge < -0.3 is 20.5 Å². The van der Waals surface area contributed by atoms with E-state index >= 15 is 0 Å². The maximum absolute atomic E-state index is 12.0. The first kappa shape index (κ1) is 15.9. The Balaban J connectivity index is 2.28. The number of carbonyl (C=O) groups is 2. The number of nitrogens with zero attached hydrogens (tertiary/aromatic N) is 1. The van der Waals surface area contributed by atoms with Gasteiger partial charge in [-0.15, -0.1) is 0 Å². The summed E-state index contributed by atoms with van der Waals surface area (Å²) in [7, 11) is 0. The molecule has 0 aromatic heterocycles. The summed E-state index contributed by atoms with van der Waals surface area (Å²) in [6, 6.07) is 0. The molecule has 0 radical (unpaired) electrons. The van der Waals surface area contributed by atoms with Crippen molar-refractivity contribution in [2.24, 2.45) is 11.7 Å². The molecular weight excluding hydrogens is 248 g/mol. The Morgan fingerprint density at radius 2 is 2.05 bits per heavy atom. The molecule has 1 heterocycles. The number of nitrogens with two attached hydrogens (primary N) is 1. The van der Waals surface area contributed by atoms with E-state index in [9.17, 15) is 9.59 Å². The Kier molecular flexibility index (Phi) is 6.80. The van der Waals surface area contributed by atoms with E-state index in [4.69, 9.17) is 15.6 Å². The van der Waals surface area contributed by atoms with Crippen LogP contribution in [0.3, 0.4) is 0 Å². The zero-order valence-electron chi connectivity index (χ0n) is 11.5. The molecule has 1 atom stereocenters. The highest BCUT2D eigenvalue weighted by molar-refractivity contribution is 5.76. The summed E-state index contributed by atoms with van der Waals surface area (Å²) in [4.78, 5) is 24.3. The SMILES string of the molecule is CCC(CN)CC(=O)N1CCC(OCC(=O)O)CC1. The number of ether oxygens (including phenoxy) is 1. The second kappa shape index (κ2) is 8.12. The average Bonchev–Trinajstić information content (AvgIpc) is 2.42. The molecule has 110 valence electrons. The molecule has 1 unspecified atom stereocenters. The summed E-state index contributed by atoms with van der Waals surface area (Å²) in [6.07, 6.45) is 2.79. The van der Waals surface area contributed by atoms with Crippen LogP contribution in [0.1, 0.15) is 32.6 Å². The van der Waals surface area contributed by atoms with Crippen LogP contribution in [0.5, 0.6) is 0 Å². The van der Waals surface area contributed by atoms with Crippen molar-refractivity contribution in [3.8, 4) is 0 Å². The summed E-state index contributed by atoms with van der Waals surface area (Å²) in [5.74, 6) is -0.547. The van der Waals surface area contributed by atoms with Crippen molar-refractivity contribution in [3.05, 3.63) is 0 Å². The fraction of sp³-hybridized carbons (Fsp3) is 0.846. The van der Waals surface area contributed by atoms with E-state index in [1.807, 2.05) is 11.8 Å². The molecule has 3 N–H and O–H groups in total. The first-order valence-electron chi connectivity index (χ1n) is 6.88. The predicted octanol–water partition coefficient (Wildman–Crippen LogP) is 0.454. The average molecular weight is 272 g/mol. The highest BCUT2D eigenvalue weighted by atomic mass is 16.5. The quantitative estimate of drug-likeness (QED) is 0.702. The Morgan fingerprint density at radius 1 is 1.42 bits per heavy atom. The van der Waals surface area contributed by atoms with Gasteiger partial charge in [-0.2, -0.15) is 0 Å². The van der Waals surface area contributed by atoms with E-state index in [1.54, 1.807) is 0 Å². The minimum atomic E-state index is -0.952. The van der Waals surface area contributed by atoms with Gasteiger partial charge in [0.2, 0.25) is 5.91 Å². The maximum Gasteiger partial charge on any atom is 0.329 e. The van der Waals surface area contributed by atoms with Gasteiger partial charge in [0.1, 0.15) is 6.61 Å². The van der Waals surface area contributed by atoms with Crippen LogP contribution in [-0.2, 0) is 14.3 Å².